The topological polar surface area (TPSA) is 15.3 Å². The van der Waals surface area contributed by atoms with Gasteiger partial charge in [0, 0.05) is 12.6 Å². The third-order valence-electron chi connectivity index (χ3n) is 5.50. The number of likely N-dealkylation sites (tertiary alicyclic amines) is 1. The first-order chi connectivity index (χ1) is 8.34. The largest absolute Gasteiger partial charge is 0.316 e. The van der Waals surface area contributed by atoms with Gasteiger partial charge in [0.15, 0.2) is 0 Å². The molecular formula is C15H28N2. The van der Waals surface area contributed by atoms with Crippen LogP contribution in [0.15, 0.2) is 0 Å². The highest BCUT2D eigenvalue weighted by atomic mass is 15.2. The first kappa shape index (κ1) is 12.0. The van der Waals surface area contributed by atoms with Crippen molar-refractivity contribution in [1.29, 1.82) is 0 Å². The molecule has 0 bridgehead atoms. The summed E-state index contributed by atoms with van der Waals surface area (Å²) in [6.07, 6.45) is 8.95. The van der Waals surface area contributed by atoms with Gasteiger partial charge in [-0.2, -0.15) is 0 Å². The fourth-order valence-electron chi connectivity index (χ4n) is 4.19. The van der Waals surface area contributed by atoms with Gasteiger partial charge in [-0.1, -0.05) is 19.8 Å². The molecule has 2 heterocycles. The van der Waals surface area contributed by atoms with Crippen molar-refractivity contribution in [3.05, 3.63) is 0 Å². The molecule has 0 amide bonds. The van der Waals surface area contributed by atoms with Gasteiger partial charge in [-0.05, 0) is 63.1 Å². The SMILES string of the molecule is CC(CN1CCC[C@H]2CCCC[C@H]21)C1CNC1. The van der Waals surface area contributed by atoms with Crippen LogP contribution < -0.4 is 5.32 Å². The molecule has 0 aromatic carbocycles. The van der Waals surface area contributed by atoms with E-state index < -0.39 is 0 Å². The van der Waals surface area contributed by atoms with Crippen molar-refractivity contribution in [1.82, 2.24) is 10.2 Å². The van der Waals surface area contributed by atoms with Crippen LogP contribution >= 0.6 is 0 Å². The first-order valence-corrected chi connectivity index (χ1v) is 7.79. The van der Waals surface area contributed by atoms with Crippen molar-refractivity contribution in [2.75, 3.05) is 26.2 Å². The summed E-state index contributed by atoms with van der Waals surface area (Å²) in [7, 11) is 0. The maximum atomic E-state index is 3.42. The third kappa shape index (κ3) is 2.53. The van der Waals surface area contributed by atoms with Crippen molar-refractivity contribution < 1.29 is 0 Å². The fourth-order valence-corrected chi connectivity index (χ4v) is 4.19. The van der Waals surface area contributed by atoms with E-state index in [0.717, 1.165) is 23.8 Å². The van der Waals surface area contributed by atoms with Crippen molar-refractivity contribution in [2.24, 2.45) is 17.8 Å². The van der Waals surface area contributed by atoms with E-state index in [1.807, 2.05) is 0 Å². The average molecular weight is 236 g/mol. The van der Waals surface area contributed by atoms with Crippen LogP contribution in [0.3, 0.4) is 0 Å². The molecular weight excluding hydrogens is 208 g/mol. The minimum Gasteiger partial charge on any atom is -0.316 e. The number of hydrogen-bond donors (Lipinski definition) is 1. The highest BCUT2D eigenvalue weighted by Gasteiger charge is 2.35. The van der Waals surface area contributed by atoms with Gasteiger partial charge >= 0.3 is 0 Å². The van der Waals surface area contributed by atoms with Gasteiger partial charge in [0.25, 0.3) is 0 Å². The Balaban J connectivity index is 1.56. The molecule has 0 aromatic heterocycles. The van der Waals surface area contributed by atoms with Gasteiger partial charge in [0.05, 0.1) is 0 Å². The lowest BCUT2D eigenvalue weighted by molar-refractivity contribution is 0.0374. The molecule has 1 saturated carbocycles. The van der Waals surface area contributed by atoms with E-state index in [0.29, 0.717) is 0 Å². The van der Waals surface area contributed by atoms with Crippen molar-refractivity contribution in [2.45, 2.75) is 51.5 Å². The van der Waals surface area contributed by atoms with Crippen LogP contribution in [0.1, 0.15) is 45.4 Å². The quantitative estimate of drug-likeness (QED) is 0.810. The molecule has 1 N–H and O–H groups in total. The van der Waals surface area contributed by atoms with Gasteiger partial charge in [-0.15, -0.1) is 0 Å². The summed E-state index contributed by atoms with van der Waals surface area (Å²) in [5.74, 6) is 2.90. The molecule has 1 aliphatic carbocycles. The van der Waals surface area contributed by atoms with E-state index >= 15 is 0 Å². The van der Waals surface area contributed by atoms with E-state index in [2.05, 4.69) is 17.1 Å². The highest BCUT2D eigenvalue weighted by molar-refractivity contribution is 4.89. The van der Waals surface area contributed by atoms with E-state index in [1.54, 1.807) is 0 Å². The second-order valence-corrected chi connectivity index (χ2v) is 6.64. The maximum Gasteiger partial charge on any atom is 0.0124 e. The van der Waals surface area contributed by atoms with Crippen LogP contribution in [-0.2, 0) is 0 Å². The zero-order valence-corrected chi connectivity index (χ0v) is 11.3. The van der Waals surface area contributed by atoms with E-state index in [1.165, 1.54) is 64.7 Å². The summed E-state index contributed by atoms with van der Waals surface area (Å²) in [6.45, 7) is 7.75. The summed E-state index contributed by atoms with van der Waals surface area (Å²) in [4.78, 5) is 2.86. The molecule has 3 fully saturated rings. The normalized spacial score (nSPS) is 37.2. The summed E-state index contributed by atoms with van der Waals surface area (Å²) in [5.41, 5.74) is 0. The average Bonchev–Trinajstić information content (AvgIpc) is 2.27. The van der Waals surface area contributed by atoms with Gasteiger partial charge in [0.2, 0.25) is 0 Å². The number of piperidine rings is 1. The Hall–Kier alpha value is -0.0800. The predicted octanol–water partition coefficient (Wildman–Crippen LogP) is 2.50. The lowest BCUT2D eigenvalue weighted by Gasteiger charge is -2.46. The third-order valence-corrected chi connectivity index (χ3v) is 5.50. The highest BCUT2D eigenvalue weighted by Crippen LogP contribution is 2.36. The molecule has 3 aliphatic rings. The molecule has 1 unspecified atom stereocenters. The van der Waals surface area contributed by atoms with Crippen LogP contribution in [0.25, 0.3) is 0 Å². The molecule has 2 saturated heterocycles. The monoisotopic (exact) mass is 236 g/mol. The minimum absolute atomic E-state index is 0.900. The molecule has 17 heavy (non-hydrogen) atoms. The molecule has 2 aliphatic heterocycles. The maximum absolute atomic E-state index is 3.42. The van der Waals surface area contributed by atoms with E-state index in [4.69, 9.17) is 0 Å². The number of nitrogens with one attached hydrogen (secondary N) is 1. The summed E-state index contributed by atoms with van der Waals surface area (Å²) < 4.78 is 0. The summed E-state index contributed by atoms with van der Waals surface area (Å²) in [6, 6.07) is 0.952. The minimum atomic E-state index is 0.900. The number of nitrogens with zero attached hydrogens (tertiary/aromatic N) is 1. The lowest BCUT2D eigenvalue weighted by atomic mass is 9.77. The summed E-state index contributed by atoms with van der Waals surface area (Å²) >= 11 is 0. The Kier molecular flexibility index (Phi) is 3.72. The Morgan fingerprint density at radius 2 is 1.88 bits per heavy atom. The molecule has 98 valence electrons. The predicted molar refractivity (Wildman–Crippen MR) is 72.1 cm³/mol. The Labute approximate surface area is 106 Å². The van der Waals surface area contributed by atoms with Gasteiger partial charge < -0.3 is 5.32 Å². The Morgan fingerprint density at radius 3 is 2.65 bits per heavy atom. The molecule has 0 aromatic rings. The molecule has 0 spiro atoms. The van der Waals surface area contributed by atoms with Crippen LogP contribution in [0.4, 0.5) is 0 Å². The molecule has 2 heteroatoms. The number of rotatable bonds is 3. The van der Waals surface area contributed by atoms with Crippen LogP contribution in [0, 0.1) is 17.8 Å². The van der Waals surface area contributed by atoms with Crippen molar-refractivity contribution in [3.63, 3.8) is 0 Å². The van der Waals surface area contributed by atoms with Crippen molar-refractivity contribution >= 4 is 0 Å². The fraction of sp³-hybridized carbons (Fsp3) is 1.00. The molecule has 2 nitrogen and oxygen atoms in total. The zero-order chi connectivity index (χ0) is 11.7. The standard InChI is InChI=1S/C15H28N2/c1-12(14-9-16-10-14)11-17-8-4-6-13-5-2-3-7-15(13)17/h12-16H,2-11H2,1H3/t12?,13-,15-/m1/s1. The zero-order valence-electron chi connectivity index (χ0n) is 11.3. The molecule has 0 radical (unpaired) electrons. The Bertz CT molecular complexity index is 247. The number of hydrogen-bond acceptors (Lipinski definition) is 2. The summed E-state index contributed by atoms with van der Waals surface area (Å²) in [5, 5.41) is 3.42. The van der Waals surface area contributed by atoms with Gasteiger partial charge in [-0.25, -0.2) is 0 Å². The van der Waals surface area contributed by atoms with E-state index in [-0.39, 0.29) is 0 Å². The van der Waals surface area contributed by atoms with E-state index in [9.17, 15) is 0 Å². The molecule has 3 rings (SSSR count). The Morgan fingerprint density at radius 1 is 1.12 bits per heavy atom. The van der Waals surface area contributed by atoms with Gasteiger partial charge in [-0.3, -0.25) is 4.90 Å². The smallest absolute Gasteiger partial charge is 0.0124 e. The second-order valence-electron chi connectivity index (χ2n) is 6.64. The number of fused-ring (bicyclic) bond motifs is 1. The molecule has 3 atom stereocenters. The van der Waals surface area contributed by atoms with Crippen LogP contribution in [-0.4, -0.2) is 37.1 Å². The first-order valence-electron chi connectivity index (χ1n) is 7.79. The van der Waals surface area contributed by atoms with Crippen LogP contribution in [0.2, 0.25) is 0 Å². The van der Waals surface area contributed by atoms with Crippen molar-refractivity contribution in [3.8, 4) is 0 Å². The lowest BCUT2D eigenvalue weighted by Crippen LogP contribution is -2.52. The second kappa shape index (κ2) is 5.27. The van der Waals surface area contributed by atoms with Crippen LogP contribution in [0.5, 0.6) is 0 Å². The van der Waals surface area contributed by atoms with Gasteiger partial charge in [0.1, 0.15) is 0 Å².